The van der Waals surface area contributed by atoms with E-state index in [0.29, 0.717) is 31.4 Å². The number of carbonyl (C=O) groups is 1. The summed E-state index contributed by atoms with van der Waals surface area (Å²) in [6.45, 7) is 2.73. The van der Waals surface area contributed by atoms with Crippen molar-refractivity contribution in [2.75, 3.05) is 45.4 Å². The minimum absolute atomic E-state index is 0.00429. The molecule has 3 heterocycles. The van der Waals surface area contributed by atoms with Crippen LogP contribution in [-0.2, 0) is 14.3 Å². The van der Waals surface area contributed by atoms with Gasteiger partial charge in [-0.25, -0.2) is 9.97 Å². The van der Waals surface area contributed by atoms with Gasteiger partial charge in [0.15, 0.2) is 0 Å². The van der Waals surface area contributed by atoms with Gasteiger partial charge >= 0.3 is 0 Å². The van der Waals surface area contributed by atoms with E-state index in [0.717, 1.165) is 25.3 Å². The van der Waals surface area contributed by atoms with Crippen LogP contribution >= 0.6 is 0 Å². The number of carbonyl (C=O) groups excluding carboxylic acids is 1. The zero-order valence-electron chi connectivity index (χ0n) is 14.1. The number of nitrogens with zero attached hydrogens (tertiary/aromatic N) is 3. The summed E-state index contributed by atoms with van der Waals surface area (Å²) >= 11 is 0. The molecule has 1 amide bonds. The van der Waals surface area contributed by atoms with E-state index in [-0.39, 0.29) is 18.1 Å². The number of methoxy groups -OCH3 is 2. The Kier molecular flexibility index (Phi) is 5.47. The van der Waals surface area contributed by atoms with E-state index < -0.39 is 0 Å². The van der Waals surface area contributed by atoms with E-state index in [2.05, 4.69) is 20.2 Å². The number of anilines is 1. The normalized spacial score (nSPS) is 25.6. The van der Waals surface area contributed by atoms with Gasteiger partial charge in [0.1, 0.15) is 12.1 Å². The van der Waals surface area contributed by atoms with Crippen LogP contribution < -0.4 is 15.0 Å². The first-order valence-electron chi connectivity index (χ1n) is 8.21. The summed E-state index contributed by atoms with van der Waals surface area (Å²) in [5.74, 6) is 1.87. The maximum atomic E-state index is 11.9. The molecule has 2 aliphatic heterocycles. The number of hydrogen-bond acceptors (Lipinski definition) is 7. The molecule has 24 heavy (non-hydrogen) atoms. The Balaban J connectivity index is 1.48. The fourth-order valence-electron chi connectivity index (χ4n) is 3.37. The highest BCUT2D eigenvalue weighted by molar-refractivity contribution is 5.76. The summed E-state index contributed by atoms with van der Waals surface area (Å²) in [4.78, 5) is 22.4. The fraction of sp³-hybridized carbons (Fsp3) is 0.688. The third-order valence-corrected chi connectivity index (χ3v) is 4.52. The molecular weight excluding hydrogens is 312 g/mol. The highest BCUT2D eigenvalue weighted by atomic mass is 16.5. The van der Waals surface area contributed by atoms with Gasteiger partial charge in [-0.3, -0.25) is 4.79 Å². The van der Waals surface area contributed by atoms with Crippen molar-refractivity contribution in [2.24, 2.45) is 5.92 Å². The Hall–Kier alpha value is -1.93. The molecule has 1 aromatic heterocycles. The SMILES string of the molecule is COCCNC(=O)C[C@@H]1C[C@@H]2CN(c3cc(OC)ncn3)C[C@@H]2O1. The zero-order valence-corrected chi connectivity index (χ0v) is 14.1. The maximum Gasteiger partial charge on any atom is 0.222 e. The molecule has 0 aliphatic carbocycles. The van der Waals surface area contributed by atoms with Crippen molar-refractivity contribution < 1.29 is 19.0 Å². The Morgan fingerprint density at radius 2 is 2.29 bits per heavy atom. The van der Waals surface area contributed by atoms with Crippen LogP contribution in [0.25, 0.3) is 0 Å². The van der Waals surface area contributed by atoms with Crippen LogP contribution in [0.4, 0.5) is 5.82 Å². The average molecular weight is 336 g/mol. The molecule has 8 heteroatoms. The van der Waals surface area contributed by atoms with Crippen LogP contribution in [0.3, 0.4) is 0 Å². The largest absolute Gasteiger partial charge is 0.481 e. The van der Waals surface area contributed by atoms with Gasteiger partial charge in [-0.05, 0) is 6.42 Å². The molecule has 0 unspecified atom stereocenters. The Bertz CT molecular complexity index is 557. The number of nitrogens with one attached hydrogen (secondary N) is 1. The monoisotopic (exact) mass is 336 g/mol. The summed E-state index contributed by atoms with van der Waals surface area (Å²) < 4.78 is 16.1. The lowest BCUT2D eigenvalue weighted by Crippen LogP contribution is -2.31. The van der Waals surface area contributed by atoms with E-state index >= 15 is 0 Å². The molecule has 1 N–H and O–H groups in total. The number of aromatic nitrogens is 2. The summed E-state index contributed by atoms with van der Waals surface area (Å²) in [7, 11) is 3.21. The van der Waals surface area contributed by atoms with Crippen LogP contribution in [0.2, 0.25) is 0 Å². The zero-order chi connectivity index (χ0) is 16.9. The lowest BCUT2D eigenvalue weighted by Gasteiger charge is -2.20. The number of ether oxygens (including phenoxy) is 3. The first-order chi connectivity index (χ1) is 11.7. The minimum Gasteiger partial charge on any atom is -0.481 e. The number of rotatable bonds is 7. The van der Waals surface area contributed by atoms with Crippen LogP contribution in [0, 0.1) is 5.92 Å². The molecule has 0 radical (unpaired) electrons. The summed E-state index contributed by atoms with van der Waals surface area (Å²) in [5, 5.41) is 2.84. The van der Waals surface area contributed by atoms with Crippen molar-refractivity contribution in [2.45, 2.75) is 25.0 Å². The summed E-state index contributed by atoms with van der Waals surface area (Å²) in [6.07, 6.45) is 2.99. The molecule has 3 rings (SSSR count). The second-order valence-electron chi connectivity index (χ2n) is 6.16. The van der Waals surface area contributed by atoms with Gasteiger partial charge < -0.3 is 24.4 Å². The van der Waals surface area contributed by atoms with Crippen LogP contribution in [0.1, 0.15) is 12.8 Å². The van der Waals surface area contributed by atoms with Gasteiger partial charge in [-0.2, -0.15) is 0 Å². The molecule has 2 fully saturated rings. The van der Waals surface area contributed by atoms with Gasteiger partial charge in [-0.15, -0.1) is 0 Å². The maximum absolute atomic E-state index is 11.9. The molecule has 2 saturated heterocycles. The molecule has 0 bridgehead atoms. The van der Waals surface area contributed by atoms with Crippen molar-refractivity contribution in [3.63, 3.8) is 0 Å². The van der Waals surface area contributed by atoms with Crippen molar-refractivity contribution in [3.8, 4) is 5.88 Å². The smallest absolute Gasteiger partial charge is 0.222 e. The number of hydrogen-bond donors (Lipinski definition) is 1. The number of amides is 1. The predicted molar refractivity (Wildman–Crippen MR) is 87.1 cm³/mol. The van der Waals surface area contributed by atoms with Gasteiger partial charge in [0.05, 0.1) is 32.3 Å². The quantitative estimate of drug-likeness (QED) is 0.714. The van der Waals surface area contributed by atoms with E-state index in [1.807, 2.05) is 6.07 Å². The third kappa shape index (κ3) is 3.93. The molecule has 1 aromatic rings. The first-order valence-corrected chi connectivity index (χ1v) is 8.21. The summed E-state index contributed by atoms with van der Waals surface area (Å²) in [6, 6.07) is 1.84. The highest BCUT2D eigenvalue weighted by Gasteiger charge is 2.42. The second kappa shape index (κ2) is 7.76. The van der Waals surface area contributed by atoms with Crippen LogP contribution in [0.5, 0.6) is 5.88 Å². The molecule has 2 aliphatic rings. The van der Waals surface area contributed by atoms with Gasteiger partial charge in [0.2, 0.25) is 11.8 Å². The van der Waals surface area contributed by atoms with Crippen LogP contribution in [0.15, 0.2) is 12.4 Å². The highest BCUT2D eigenvalue weighted by Crippen LogP contribution is 2.36. The van der Waals surface area contributed by atoms with Crippen molar-refractivity contribution in [1.82, 2.24) is 15.3 Å². The Morgan fingerprint density at radius 1 is 1.42 bits per heavy atom. The second-order valence-corrected chi connectivity index (χ2v) is 6.16. The Labute approximate surface area is 141 Å². The van der Waals surface area contributed by atoms with Gasteiger partial charge in [-0.1, -0.05) is 0 Å². The lowest BCUT2D eigenvalue weighted by molar-refractivity contribution is -0.123. The molecular formula is C16H24N4O4. The fourth-order valence-corrected chi connectivity index (χ4v) is 3.37. The first kappa shape index (κ1) is 16.9. The molecule has 0 saturated carbocycles. The molecule has 0 spiro atoms. The molecule has 0 aromatic carbocycles. The third-order valence-electron chi connectivity index (χ3n) is 4.52. The predicted octanol–water partition coefficient (Wildman–Crippen LogP) is 0.232. The molecule has 3 atom stereocenters. The standard InChI is InChI=1S/C16H24N4O4/c1-22-4-3-17-15(21)6-12-5-11-8-20(9-13(11)24-12)14-7-16(23-2)19-10-18-14/h7,10-13H,3-6,8-9H2,1-2H3,(H,17,21)/t11-,12+,13+/m1/s1. The van der Waals surface area contributed by atoms with E-state index in [1.54, 1.807) is 14.2 Å². The Morgan fingerprint density at radius 3 is 3.04 bits per heavy atom. The lowest BCUT2D eigenvalue weighted by atomic mass is 10.0. The topological polar surface area (TPSA) is 85.8 Å². The van der Waals surface area contributed by atoms with E-state index in [9.17, 15) is 4.79 Å². The molecule has 132 valence electrons. The molecule has 8 nitrogen and oxygen atoms in total. The number of fused-ring (bicyclic) bond motifs is 1. The summed E-state index contributed by atoms with van der Waals surface area (Å²) in [5.41, 5.74) is 0. The van der Waals surface area contributed by atoms with Crippen LogP contribution in [-0.4, -0.2) is 68.5 Å². The van der Waals surface area contributed by atoms with Gasteiger partial charge in [0, 0.05) is 38.7 Å². The van der Waals surface area contributed by atoms with E-state index in [4.69, 9.17) is 14.2 Å². The average Bonchev–Trinajstić information content (AvgIpc) is 3.13. The van der Waals surface area contributed by atoms with Gasteiger partial charge in [0.25, 0.3) is 0 Å². The van der Waals surface area contributed by atoms with Crippen molar-refractivity contribution in [3.05, 3.63) is 12.4 Å². The van der Waals surface area contributed by atoms with E-state index in [1.165, 1.54) is 6.33 Å². The minimum atomic E-state index is 0.00429. The van der Waals surface area contributed by atoms with Crippen molar-refractivity contribution in [1.29, 1.82) is 0 Å². The van der Waals surface area contributed by atoms with Crippen molar-refractivity contribution >= 4 is 11.7 Å².